The van der Waals surface area contributed by atoms with Crippen molar-refractivity contribution in [2.75, 3.05) is 0 Å². The van der Waals surface area contributed by atoms with Crippen LogP contribution in [0.5, 0.6) is 0 Å². The fourth-order valence-corrected chi connectivity index (χ4v) is 1.78. The first kappa shape index (κ1) is 15.4. The number of nitro benzene ring substituents is 1. The topological polar surface area (TPSA) is 69.4 Å². The molecule has 0 radical (unpaired) electrons. The number of hydrogen-bond acceptors (Lipinski definition) is 4. The van der Waals surface area contributed by atoms with Crippen LogP contribution in [0.2, 0.25) is 0 Å². The Balaban J connectivity index is 1.99. The Bertz CT molecular complexity index is 728. The Labute approximate surface area is 125 Å². The maximum absolute atomic E-state index is 13.4. The number of carbonyl (C=O) groups excluding carboxylic acids is 1. The van der Waals surface area contributed by atoms with Crippen molar-refractivity contribution in [1.29, 1.82) is 0 Å². The number of benzene rings is 2. The molecule has 2 aromatic rings. The number of carbonyl (C=O) groups is 1. The minimum atomic E-state index is -0.707. The second-order valence-corrected chi connectivity index (χ2v) is 4.35. The molecule has 0 bridgehead atoms. The average Bonchev–Trinajstić information content (AvgIpc) is 2.52. The quantitative estimate of drug-likeness (QED) is 0.367. The maximum atomic E-state index is 13.4. The molecule has 0 atom stereocenters. The molecule has 2 aromatic carbocycles. The lowest BCUT2D eigenvalue weighted by Crippen LogP contribution is -2.03. The van der Waals surface area contributed by atoms with E-state index in [0.717, 1.165) is 6.08 Å². The summed E-state index contributed by atoms with van der Waals surface area (Å²) in [6.07, 6.45) is 2.37. The standard InChI is InChI=1S/C16H12FNO4/c17-14-7-3-1-5-12(14)9-10-16(19)22-11-13-6-2-4-8-15(13)18(20)21/h1-10H,11H2/b10-9+. The molecule has 6 heteroatoms. The van der Waals surface area contributed by atoms with Gasteiger partial charge in [-0.2, -0.15) is 0 Å². The maximum Gasteiger partial charge on any atom is 0.331 e. The minimum Gasteiger partial charge on any atom is -0.457 e. The summed E-state index contributed by atoms with van der Waals surface area (Å²) in [7, 11) is 0. The molecule has 0 aromatic heterocycles. The third-order valence-corrected chi connectivity index (χ3v) is 2.86. The van der Waals surface area contributed by atoms with E-state index < -0.39 is 16.7 Å². The van der Waals surface area contributed by atoms with Gasteiger partial charge in [-0.25, -0.2) is 9.18 Å². The predicted octanol–water partition coefficient (Wildman–Crippen LogP) is 3.49. The normalized spacial score (nSPS) is 10.6. The summed E-state index contributed by atoms with van der Waals surface area (Å²) >= 11 is 0. The van der Waals surface area contributed by atoms with Gasteiger partial charge in [0, 0.05) is 17.7 Å². The van der Waals surface area contributed by atoms with E-state index in [1.165, 1.54) is 36.4 Å². The van der Waals surface area contributed by atoms with E-state index in [0.29, 0.717) is 5.56 Å². The number of hydrogen-bond donors (Lipinski definition) is 0. The Morgan fingerprint density at radius 1 is 1.18 bits per heavy atom. The number of rotatable bonds is 5. The SMILES string of the molecule is O=C(/C=C/c1ccccc1F)OCc1ccccc1[N+](=O)[O-]. The van der Waals surface area contributed by atoms with E-state index in [9.17, 15) is 19.3 Å². The Morgan fingerprint density at radius 3 is 2.59 bits per heavy atom. The monoisotopic (exact) mass is 301 g/mol. The van der Waals surface area contributed by atoms with Crippen molar-refractivity contribution in [3.63, 3.8) is 0 Å². The molecule has 0 aliphatic heterocycles. The van der Waals surface area contributed by atoms with Crippen molar-refractivity contribution in [2.24, 2.45) is 0 Å². The zero-order valence-electron chi connectivity index (χ0n) is 11.4. The van der Waals surface area contributed by atoms with Crippen molar-refractivity contribution in [3.8, 4) is 0 Å². The number of ether oxygens (including phenoxy) is 1. The van der Waals surface area contributed by atoms with Crippen LogP contribution < -0.4 is 0 Å². The van der Waals surface area contributed by atoms with E-state index in [4.69, 9.17) is 4.74 Å². The first-order chi connectivity index (χ1) is 10.6. The first-order valence-corrected chi connectivity index (χ1v) is 6.39. The van der Waals surface area contributed by atoms with Crippen LogP contribution in [0.25, 0.3) is 6.08 Å². The van der Waals surface area contributed by atoms with Crippen LogP contribution in [0.3, 0.4) is 0 Å². The summed E-state index contributed by atoms with van der Waals surface area (Å²) in [6.45, 7) is -0.225. The van der Waals surface area contributed by atoms with Gasteiger partial charge in [0.15, 0.2) is 0 Å². The van der Waals surface area contributed by atoms with Gasteiger partial charge in [-0.05, 0) is 18.2 Å². The van der Waals surface area contributed by atoms with E-state index in [1.807, 2.05) is 0 Å². The fraction of sp³-hybridized carbons (Fsp3) is 0.0625. The molecule has 22 heavy (non-hydrogen) atoms. The van der Waals surface area contributed by atoms with E-state index >= 15 is 0 Å². The van der Waals surface area contributed by atoms with Crippen LogP contribution >= 0.6 is 0 Å². The van der Waals surface area contributed by atoms with E-state index in [1.54, 1.807) is 18.2 Å². The highest BCUT2D eigenvalue weighted by Gasteiger charge is 2.13. The van der Waals surface area contributed by atoms with Gasteiger partial charge in [0.05, 0.1) is 10.5 Å². The van der Waals surface area contributed by atoms with Gasteiger partial charge in [-0.1, -0.05) is 30.3 Å². The number of nitrogens with zero attached hydrogens (tertiary/aromatic N) is 1. The molecule has 0 heterocycles. The molecule has 0 saturated heterocycles. The third kappa shape index (κ3) is 3.99. The highest BCUT2D eigenvalue weighted by Crippen LogP contribution is 2.18. The van der Waals surface area contributed by atoms with Gasteiger partial charge in [0.25, 0.3) is 5.69 Å². The summed E-state index contributed by atoms with van der Waals surface area (Å²) in [6, 6.07) is 12.0. The summed E-state index contributed by atoms with van der Waals surface area (Å²) in [5, 5.41) is 10.8. The van der Waals surface area contributed by atoms with E-state index in [-0.39, 0.29) is 17.9 Å². The van der Waals surface area contributed by atoms with Gasteiger partial charge in [0.2, 0.25) is 0 Å². The Morgan fingerprint density at radius 2 is 1.86 bits per heavy atom. The minimum absolute atomic E-state index is 0.117. The molecular weight excluding hydrogens is 289 g/mol. The second-order valence-electron chi connectivity index (χ2n) is 4.35. The zero-order chi connectivity index (χ0) is 15.9. The fourth-order valence-electron chi connectivity index (χ4n) is 1.78. The van der Waals surface area contributed by atoms with Crippen LogP contribution in [-0.4, -0.2) is 10.9 Å². The van der Waals surface area contributed by atoms with Crippen LogP contribution in [0.15, 0.2) is 54.6 Å². The highest BCUT2D eigenvalue weighted by molar-refractivity contribution is 5.87. The van der Waals surface area contributed by atoms with Gasteiger partial charge >= 0.3 is 5.97 Å². The molecule has 0 saturated carbocycles. The largest absolute Gasteiger partial charge is 0.457 e. The molecular formula is C16H12FNO4. The summed E-state index contributed by atoms with van der Waals surface area (Å²) in [4.78, 5) is 21.9. The zero-order valence-corrected chi connectivity index (χ0v) is 11.4. The van der Waals surface area contributed by atoms with Crippen molar-refractivity contribution in [1.82, 2.24) is 0 Å². The van der Waals surface area contributed by atoms with Gasteiger partial charge in [-0.15, -0.1) is 0 Å². The van der Waals surface area contributed by atoms with Crippen LogP contribution in [0.1, 0.15) is 11.1 Å². The van der Waals surface area contributed by atoms with Crippen molar-refractivity contribution < 1.29 is 18.8 Å². The van der Waals surface area contributed by atoms with E-state index in [2.05, 4.69) is 0 Å². The smallest absolute Gasteiger partial charge is 0.331 e. The predicted molar refractivity (Wildman–Crippen MR) is 78.3 cm³/mol. The first-order valence-electron chi connectivity index (χ1n) is 6.39. The molecule has 112 valence electrons. The van der Waals surface area contributed by atoms with Gasteiger partial charge < -0.3 is 4.74 Å². The number of nitro groups is 1. The number of halogens is 1. The van der Waals surface area contributed by atoms with Gasteiger partial charge in [0.1, 0.15) is 12.4 Å². The van der Waals surface area contributed by atoms with Crippen LogP contribution in [0.4, 0.5) is 10.1 Å². The van der Waals surface area contributed by atoms with Crippen molar-refractivity contribution >= 4 is 17.7 Å². The van der Waals surface area contributed by atoms with Crippen LogP contribution in [0, 0.1) is 15.9 Å². The van der Waals surface area contributed by atoms with Crippen molar-refractivity contribution in [3.05, 3.63) is 81.7 Å². The molecule has 0 aliphatic rings. The van der Waals surface area contributed by atoms with Crippen LogP contribution in [-0.2, 0) is 16.1 Å². The molecule has 0 amide bonds. The summed E-state index contributed by atoms with van der Waals surface area (Å²) < 4.78 is 18.3. The lowest BCUT2D eigenvalue weighted by molar-refractivity contribution is -0.385. The van der Waals surface area contributed by atoms with Crippen molar-refractivity contribution in [2.45, 2.75) is 6.61 Å². The molecule has 2 rings (SSSR count). The summed E-state index contributed by atoms with van der Waals surface area (Å²) in [5.74, 6) is -1.16. The molecule has 0 unspecified atom stereocenters. The number of para-hydroxylation sites is 1. The Hall–Kier alpha value is -3.02. The summed E-state index contributed by atoms with van der Waals surface area (Å²) in [5.41, 5.74) is 0.429. The third-order valence-electron chi connectivity index (χ3n) is 2.86. The Kier molecular flexibility index (Phi) is 4.98. The lowest BCUT2D eigenvalue weighted by Gasteiger charge is -2.03. The lowest BCUT2D eigenvalue weighted by atomic mass is 10.2. The average molecular weight is 301 g/mol. The molecule has 0 aliphatic carbocycles. The molecule has 0 spiro atoms. The molecule has 5 nitrogen and oxygen atoms in total. The van der Waals surface area contributed by atoms with Gasteiger partial charge in [-0.3, -0.25) is 10.1 Å². The second kappa shape index (κ2) is 7.12. The molecule has 0 N–H and O–H groups in total. The number of esters is 1. The highest BCUT2D eigenvalue weighted by atomic mass is 19.1. The molecule has 0 fully saturated rings.